The topological polar surface area (TPSA) is 105 Å². The molecule has 170 valence electrons. The Hall–Kier alpha value is -3.68. The van der Waals surface area contributed by atoms with Crippen LogP contribution in [0.25, 0.3) is 0 Å². The van der Waals surface area contributed by atoms with Gasteiger partial charge in [-0.3, -0.25) is 19.7 Å². The molecular weight excluding hydrogens is 422 g/mol. The van der Waals surface area contributed by atoms with Gasteiger partial charge < -0.3 is 15.0 Å². The third kappa shape index (κ3) is 4.33. The van der Waals surface area contributed by atoms with E-state index >= 15 is 0 Å². The summed E-state index contributed by atoms with van der Waals surface area (Å²) in [4.78, 5) is 50.2. The minimum atomic E-state index is -0.643. The van der Waals surface area contributed by atoms with E-state index in [1.807, 2.05) is 30.3 Å². The lowest BCUT2D eigenvalue weighted by Gasteiger charge is -2.35. The van der Waals surface area contributed by atoms with E-state index in [1.165, 1.54) is 10.5 Å². The average Bonchev–Trinajstić information content (AvgIpc) is 3.11. The van der Waals surface area contributed by atoms with Gasteiger partial charge in [0.1, 0.15) is 12.6 Å². The van der Waals surface area contributed by atoms with Gasteiger partial charge in [0.25, 0.3) is 5.91 Å². The molecule has 1 atom stereocenters. The zero-order valence-electron chi connectivity index (χ0n) is 18.1. The van der Waals surface area contributed by atoms with E-state index in [1.54, 1.807) is 6.07 Å². The summed E-state index contributed by atoms with van der Waals surface area (Å²) in [6.07, 6.45) is 1.86. The number of hydrogen-bond donors (Lipinski definition) is 2. The molecule has 0 radical (unpaired) electrons. The fraction of sp³-hybridized carbons (Fsp3) is 0.360. The summed E-state index contributed by atoms with van der Waals surface area (Å²) in [6.45, 7) is 0.381. The largest absolute Gasteiger partial charge is 0.445 e. The molecule has 0 spiro atoms. The smallest absolute Gasteiger partial charge is 0.407 e. The van der Waals surface area contributed by atoms with Crippen molar-refractivity contribution < 1.29 is 23.9 Å². The van der Waals surface area contributed by atoms with E-state index in [0.29, 0.717) is 30.0 Å². The number of piperidine rings is 1. The van der Waals surface area contributed by atoms with Crippen molar-refractivity contribution in [3.63, 3.8) is 0 Å². The van der Waals surface area contributed by atoms with Gasteiger partial charge in [0, 0.05) is 24.6 Å². The first kappa shape index (κ1) is 21.2. The van der Waals surface area contributed by atoms with Crippen molar-refractivity contribution in [1.82, 2.24) is 15.5 Å². The molecule has 0 aromatic heterocycles. The first-order chi connectivity index (χ1) is 16.0. The quantitative estimate of drug-likeness (QED) is 0.686. The van der Waals surface area contributed by atoms with Gasteiger partial charge in [0.2, 0.25) is 11.8 Å². The molecule has 1 saturated carbocycles. The first-order valence-corrected chi connectivity index (χ1v) is 11.2. The van der Waals surface area contributed by atoms with Gasteiger partial charge in [0.05, 0.1) is 0 Å². The van der Waals surface area contributed by atoms with E-state index in [9.17, 15) is 19.2 Å². The number of rotatable bonds is 5. The SMILES string of the molecule is O=C1CCC(N2Cc3ccc(COC(=O)NC4CC(c5ccccc5)C4)cc3C2=O)C(=O)N1. The van der Waals surface area contributed by atoms with Gasteiger partial charge in [0.15, 0.2) is 0 Å². The number of alkyl carbamates (subject to hydrolysis) is 1. The summed E-state index contributed by atoms with van der Waals surface area (Å²) in [5.41, 5.74) is 3.32. The second-order valence-electron chi connectivity index (χ2n) is 8.89. The third-order valence-electron chi connectivity index (χ3n) is 6.69. The van der Waals surface area contributed by atoms with E-state index < -0.39 is 18.0 Å². The maximum absolute atomic E-state index is 12.9. The van der Waals surface area contributed by atoms with Crippen LogP contribution in [0.1, 0.15) is 58.6 Å². The van der Waals surface area contributed by atoms with E-state index in [2.05, 4.69) is 22.8 Å². The molecule has 1 aliphatic carbocycles. The van der Waals surface area contributed by atoms with Crippen molar-refractivity contribution in [3.05, 3.63) is 70.8 Å². The summed E-state index contributed by atoms with van der Waals surface area (Å²) in [5.74, 6) is -0.521. The number of fused-ring (bicyclic) bond motifs is 1. The Morgan fingerprint density at radius 2 is 1.88 bits per heavy atom. The monoisotopic (exact) mass is 447 g/mol. The fourth-order valence-electron chi connectivity index (χ4n) is 4.78. The van der Waals surface area contributed by atoms with Gasteiger partial charge in [-0.2, -0.15) is 0 Å². The molecule has 2 N–H and O–H groups in total. The standard InChI is InChI=1S/C25H25N3O5/c29-22-9-8-21(23(30)27-22)28-13-17-7-6-15(10-20(17)24(28)31)14-33-25(32)26-19-11-18(12-19)16-4-2-1-3-5-16/h1-7,10,18-19,21H,8-9,11-14H2,(H,26,32)(H,27,29,30). The highest BCUT2D eigenvalue weighted by molar-refractivity contribution is 6.05. The second-order valence-corrected chi connectivity index (χ2v) is 8.89. The Morgan fingerprint density at radius 1 is 1.09 bits per heavy atom. The number of benzene rings is 2. The first-order valence-electron chi connectivity index (χ1n) is 11.2. The fourth-order valence-corrected chi connectivity index (χ4v) is 4.78. The van der Waals surface area contributed by atoms with E-state index in [-0.39, 0.29) is 30.9 Å². The summed E-state index contributed by atoms with van der Waals surface area (Å²) in [5, 5.41) is 5.20. The zero-order chi connectivity index (χ0) is 22.9. The predicted octanol–water partition coefficient (Wildman–Crippen LogP) is 2.62. The van der Waals surface area contributed by atoms with Crippen LogP contribution in [-0.4, -0.2) is 40.8 Å². The number of imide groups is 1. The number of hydrogen-bond acceptors (Lipinski definition) is 5. The minimum Gasteiger partial charge on any atom is -0.445 e. The molecule has 33 heavy (non-hydrogen) atoms. The maximum Gasteiger partial charge on any atom is 0.407 e. The predicted molar refractivity (Wildman–Crippen MR) is 118 cm³/mol. The van der Waals surface area contributed by atoms with Crippen molar-refractivity contribution in [2.45, 2.75) is 56.8 Å². The number of carbonyl (C=O) groups excluding carboxylic acids is 4. The van der Waals surface area contributed by atoms with Gasteiger partial charge in [-0.25, -0.2) is 4.79 Å². The molecule has 2 aliphatic heterocycles. The number of carbonyl (C=O) groups is 4. The lowest BCUT2D eigenvalue weighted by atomic mass is 9.76. The van der Waals surface area contributed by atoms with Crippen molar-refractivity contribution >= 4 is 23.8 Å². The molecule has 2 aromatic rings. The molecule has 8 nitrogen and oxygen atoms in total. The highest BCUT2D eigenvalue weighted by Crippen LogP contribution is 2.36. The van der Waals surface area contributed by atoms with Crippen LogP contribution in [0, 0.1) is 0 Å². The van der Waals surface area contributed by atoms with Crippen LogP contribution in [0.5, 0.6) is 0 Å². The van der Waals surface area contributed by atoms with Crippen LogP contribution in [0.3, 0.4) is 0 Å². The van der Waals surface area contributed by atoms with Crippen LogP contribution in [0.15, 0.2) is 48.5 Å². The summed E-state index contributed by atoms with van der Waals surface area (Å²) >= 11 is 0. The highest BCUT2D eigenvalue weighted by atomic mass is 16.5. The number of nitrogens with one attached hydrogen (secondary N) is 2. The molecule has 5 rings (SSSR count). The molecule has 0 bridgehead atoms. The second kappa shape index (κ2) is 8.69. The molecule has 2 aromatic carbocycles. The van der Waals surface area contributed by atoms with E-state index in [4.69, 9.17) is 4.74 Å². The Bertz CT molecular complexity index is 1110. The van der Waals surface area contributed by atoms with Crippen molar-refractivity contribution in [3.8, 4) is 0 Å². The number of ether oxygens (including phenoxy) is 1. The molecule has 2 fully saturated rings. The molecular formula is C25H25N3O5. The molecule has 2 heterocycles. The van der Waals surface area contributed by atoms with Crippen LogP contribution < -0.4 is 10.6 Å². The van der Waals surface area contributed by atoms with Crippen LogP contribution in [0.2, 0.25) is 0 Å². The zero-order valence-corrected chi connectivity index (χ0v) is 18.1. The minimum absolute atomic E-state index is 0.0552. The average molecular weight is 447 g/mol. The number of amides is 4. The van der Waals surface area contributed by atoms with E-state index in [0.717, 1.165) is 18.4 Å². The summed E-state index contributed by atoms with van der Waals surface area (Å²) < 4.78 is 5.37. The van der Waals surface area contributed by atoms with Crippen LogP contribution in [-0.2, 0) is 27.5 Å². The summed E-state index contributed by atoms with van der Waals surface area (Å²) in [6, 6.07) is 15.1. The van der Waals surface area contributed by atoms with Crippen LogP contribution >= 0.6 is 0 Å². The van der Waals surface area contributed by atoms with Crippen molar-refractivity contribution in [2.75, 3.05) is 0 Å². The highest BCUT2D eigenvalue weighted by Gasteiger charge is 2.39. The molecule has 1 saturated heterocycles. The van der Waals surface area contributed by atoms with Gasteiger partial charge in [-0.1, -0.05) is 42.5 Å². The Labute approximate surface area is 191 Å². The number of nitrogens with zero attached hydrogens (tertiary/aromatic N) is 1. The molecule has 8 heteroatoms. The lowest BCUT2D eigenvalue weighted by Crippen LogP contribution is -2.52. The van der Waals surface area contributed by atoms with Crippen molar-refractivity contribution in [1.29, 1.82) is 0 Å². The van der Waals surface area contributed by atoms with Gasteiger partial charge in [-0.05, 0) is 47.9 Å². The molecule has 3 aliphatic rings. The van der Waals surface area contributed by atoms with Gasteiger partial charge in [-0.15, -0.1) is 0 Å². The molecule has 4 amide bonds. The van der Waals surface area contributed by atoms with Crippen LogP contribution in [0.4, 0.5) is 4.79 Å². The van der Waals surface area contributed by atoms with Crippen molar-refractivity contribution in [2.24, 2.45) is 0 Å². The normalized spacial score (nSPS) is 24.1. The summed E-state index contributed by atoms with van der Waals surface area (Å²) in [7, 11) is 0. The Kier molecular flexibility index (Phi) is 5.58. The maximum atomic E-state index is 12.9. The van der Waals surface area contributed by atoms with Gasteiger partial charge >= 0.3 is 6.09 Å². The Morgan fingerprint density at radius 3 is 2.64 bits per heavy atom. The molecule has 1 unspecified atom stereocenters. The Balaban J connectivity index is 1.13. The third-order valence-corrected chi connectivity index (χ3v) is 6.69. The lowest BCUT2D eigenvalue weighted by molar-refractivity contribution is -0.136.